The van der Waals surface area contributed by atoms with Gasteiger partial charge >= 0.3 is 6.18 Å². The third-order valence-electron chi connectivity index (χ3n) is 5.09. The van der Waals surface area contributed by atoms with Crippen LogP contribution in [0.4, 0.5) is 13.2 Å². The molecule has 10 nitrogen and oxygen atoms in total. The van der Waals surface area contributed by atoms with E-state index in [2.05, 4.69) is 43.8 Å². The van der Waals surface area contributed by atoms with Gasteiger partial charge in [-0.1, -0.05) is 39.0 Å². The number of azo groups is 1. The quantitative estimate of drug-likeness (QED) is 0.0670. The van der Waals surface area contributed by atoms with Gasteiger partial charge in [0, 0.05) is 43.2 Å². The van der Waals surface area contributed by atoms with Crippen LogP contribution in [0.1, 0.15) is 55.7 Å². The number of carbonyl (C=O) groups is 1. The average Bonchev–Trinajstić information content (AvgIpc) is 3.50. The fourth-order valence-corrected chi connectivity index (χ4v) is 3.19. The van der Waals surface area contributed by atoms with Gasteiger partial charge in [0.1, 0.15) is 23.6 Å². The van der Waals surface area contributed by atoms with E-state index < -0.39 is 11.9 Å². The van der Waals surface area contributed by atoms with Crippen LogP contribution in [0.5, 0.6) is 0 Å². The molecule has 0 amide bonds. The molecule has 3 N–H and O–H groups in total. The lowest BCUT2D eigenvalue weighted by atomic mass is 10.1. The number of rotatable bonds is 11. The van der Waals surface area contributed by atoms with E-state index in [0.29, 0.717) is 29.2 Å². The van der Waals surface area contributed by atoms with Gasteiger partial charge in [-0.05, 0) is 55.3 Å². The summed E-state index contributed by atoms with van der Waals surface area (Å²) >= 11 is 0. The Balaban J connectivity index is 0.000000783. The SMILES string of the molecule is C/C=C(\N=N/Cn1nc(-c2cccnc2)cc1C(F)(F)F)NC.C=C.CC.CC/C=C(\N=C/Cc1cccc(C=O)c1)NO. The third kappa shape index (κ3) is 14.3. The first-order valence-corrected chi connectivity index (χ1v) is 13.7. The molecule has 0 atom stereocenters. The number of pyridine rings is 1. The van der Waals surface area contributed by atoms with Crippen molar-refractivity contribution in [3.05, 3.63) is 109 Å². The van der Waals surface area contributed by atoms with E-state index in [-0.39, 0.29) is 12.4 Å². The second kappa shape index (κ2) is 22.7. The van der Waals surface area contributed by atoms with E-state index in [9.17, 15) is 18.0 Å². The van der Waals surface area contributed by atoms with Gasteiger partial charge in [-0.3, -0.25) is 20.5 Å². The number of carbonyl (C=O) groups excluding carboxylic acids is 1. The molecular weight excluding hydrogens is 573 g/mol. The summed E-state index contributed by atoms with van der Waals surface area (Å²) in [5, 5.41) is 23.0. The summed E-state index contributed by atoms with van der Waals surface area (Å²) in [6, 6.07) is 11.6. The molecule has 0 spiro atoms. The number of alkyl halides is 3. The van der Waals surface area contributed by atoms with E-state index in [0.717, 1.165) is 29.0 Å². The van der Waals surface area contributed by atoms with E-state index in [1.54, 1.807) is 50.5 Å². The second-order valence-corrected chi connectivity index (χ2v) is 7.95. The Labute approximate surface area is 256 Å². The highest BCUT2D eigenvalue weighted by Crippen LogP contribution is 2.32. The molecule has 238 valence electrons. The third-order valence-corrected chi connectivity index (χ3v) is 5.09. The summed E-state index contributed by atoms with van der Waals surface area (Å²) in [5.41, 5.74) is 3.47. The Hall–Kier alpha value is -4.91. The number of allylic oxidation sites excluding steroid dienone is 2. The summed E-state index contributed by atoms with van der Waals surface area (Å²) in [5.74, 6) is 0.886. The van der Waals surface area contributed by atoms with Gasteiger partial charge in [0.05, 0.1) is 5.69 Å². The van der Waals surface area contributed by atoms with Crippen LogP contribution in [-0.4, -0.2) is 39.5 Å². The van der Waals surface area contributed by atoms with Crippen molar-refractivity contribution in [2.45, 2.75) is 53.4 Å². The molecule has 2 aromatic heterocycles. The van der Waals surface area contributed by atoms with E-state index in [1.807, 2.05) is 44.5 Å². The fraction of sp³-hybridized carbons (Fsp3) is 0.290. The number of hydrogen-bond donors (Lipinski definition) is 3. The Bertz CT molecular complexity index is 1350. The van der Waals surface area contributed by atoms with Crippen molar-refractivity contribution in [2.75, 3.05) is 7.05 Å². The average molecular weight is 615 g/mol. The van der Waals surface area contributed by atoms with E-state index in [4.69, 9.17) is 5.21 Å². The Kier molecular flexibility index (Phi) is 20.1. The van der Waals surface area contributed by atoms with Crippen molar-refractivity contribution in [2.24, 2.45) is 15.2 Å². The lowest BCUT2D eigenvalue weighted by Gasteiger charge is -2.07. The van der Waals surface area contributed by atoms with E-state index in [1.165, 1.54) is 12.4 Å². The van der Waals surface area contributed by atoms with Crippen LogP contribution in [0.3, 0.4) is 0 Å². The standard InChI is InChI=1S/C14H15F3N6.C13H16N2O2.C2H6.C2H4/c1-3-13(18-2)21-20-9-23-12(14(15,16)17)7-11(22-23)10-5-4-6-19-8-10;1-2-4-13(15-17)14-8-7-11-5-3-6-12(9-11)10-16;2*1-2/h3-8,18H,9H2,1-2H3;3-6,8-10,15,17H,2,7H2,1H3;1-2H3;1-2H2/b13-3-,21-20-;13-4+,14-8-;;. The number of hydrogen-bond acceptors (Lipinski definition) is 9. The first-order chi connectivity index (χ1) is 21.2. The molecule has 0 saturated carbocycles. The predicted molar refractivity (Wildman–Crippen MR) is 168 cm³/mol. The summed E-state index contributed by atoms with van der Waals surface area (Å²) < 4.78 is 40.1. The maximum absolute atomic E-state index is 13.1. The van der Waals surface area contributed by atoms with Crippen molar-refractivity contribution >= 4 is 12.5 Å². The number of benzene rings is 1. The fourth-order valence-electron chi connectivity index (χ4n) is 3.19. The molecule has 0 aliphatic rings. The van der Waals surface area contributed by atoms with Gasteiger partial charge in [-0.2, -0.15) is 23.4 Å². The Morgan fingerprint density at radius 3 is 2.41 bits per heavy atom. The second-order valence-electron chi connectivity index (χ2n) is 7.95. The minimum atomic E-state index is -4.53. The molecule has 3 aromatic rings. The van der Waals surface area contributed by atoms with Crippen molar-refractivity contribution in [3.8, 4) is 11.3 Å². The number of halogens is 3. The first-order valence-electron chi connectivity index (χ1n) is 13.7. The first kappa shape index (κ1) is 39.1. The lowest BCUT2D eigenvalue weighted by molar-refractivity contribution is -0.144. The lowest BCUT2D eigenvalue weighted by Crippen LogP contribution is -2.14. The topological polar surface area (TPSA) is 129 Å². The molecule has 3 rings (SSSR count). The van der Waals surface area contributed by atoms with Crippen molar-refractivity contribution in [1.29, 1.82) is 0 Å². The zero-order valence-electron chi connectivity index (χ0n) is 25.7. The molecule has 0 aliphatic carbocycles. The number of hydroxylamine groups is 1. The maximum Gasteiger partial charge on any atom is 0.433 e. The van der Waals surface area contributed by atoms with Crippen LogP contribution < -0.4 is 10.8 Å². The van der Waals surface area contributed by atoms with E-state index >= 15 is 0 Å². The molecule has 0 saturated heterocycles. The molecule has 0 radical (unpaired) electrons. The monoisotopic (exact) mass is 614 g/mol. The van der Waals surface area contributed by atoms with Crippen LogP contribution in [0.15, 0.2) is 107 Å². The van der Waals surface area contributed by atoms with Crippen molar-refractivity contribution in [1.82, 2.24) is 25.6 Å². The summed E-state index contributed by atoms with van der Waals surface area (Å²) in [6.07, 6.45) is 5.80. The molecule has 0 aliphatic heterocycles. The van der Waals surface area contributed by atoms with Gasteiger partial charge in [-0.25, -0.2) is 9.67 Å². The Morgan fingerprint density at radius 2 is 1.86 bits per heavy atom. The Morgan fingerprint density at radius 1 is 1.14 bits per heavy atom. The summed E-state index contributed by atoms with van der Waals surface area (Å²) in [7, 11) is 1.64. The zero-order chi connectivity index (χ0) is 33.4. The normalized spacial score (nSPS) is 11.5. The van der Waals surface area contributed by atoms with Crippen molar-refractivity contribution < 1.29 is 23.2 Å². The molecule has 1 aromatic carbocycles. The van der Waals surface area contributed by atoms with Gasteiger partial charge < -0.3 is 5.32 Å². The number of aliphatic imine (C=N–C) groups is 1. The minimum Gasteiger partial charge on any atom is -0.372 e. The van der Waals surface area contributed by atoms with Gasteiger partial charge in [-0.15, -0.1) is 18.3 Å². The molecular formula is C31H41F3N8O2. The highest BCUT2D eigenvalue weighted by Gasteiger charge is 2.36. The largest absolute Gasteiger partial charge is 0.433 e. The number of nitrogens with one attached hydrogen (secondary N) is 2. The number of aldehydes is 1. The van der Waals surface area contributed by atoms with Crippen LogP contribution >= 0.6 is 0 Å². The maximum atomic E-state index is 13.1. The molecule has 0 fully saturated rings. The number of nitrogens with zero attached hydrogens (tertiary/aromatic N) is 6. The summed E-state index contributed by atoms with van der Waals surface area (Å²) in [6.45, 7) is 13.4. The number of aromatic nitrogens is 3. The highest BCUT2D eigenvalue weighted by atomic mass is 19.4. The van der Waals surface area contributed by atoms with Gasteiger partial charge in [0.15, 0.2) is 6.67 Å². The molecule has 2 heterocycles. The molecule has 44 heavy (non-hydrogen) atoms. The predicted octanol–water partition coefficient (Wildman–Crippen LogP) is 7.63. The van der Waals surface area contributed by atoms with Crippen LogP contribution in [-0.2, 0) is 19.3 Å². The van der Waals surface area contributed by atoms with Gasteiger partial charge in [0.25, 0.3) is 0 Å². The molecule has 13 heteroatoms. The zero-order valence-corrected chi connectivity index (χ0v) is 25.7. The van der Waals surface area contributed by atoms with Crippen LogP contribution in [0.2, 0.25) is 0 Å². The van der Waals surface area contributed by atoms with Crippen LogP contribution in [0.25, 0.3) is 11.3 Å². The minimum absolute atomic E-state index is 0.181. The summed E-state index contributed by atoms with van der Waals surface area (Å²) in [4.78, 5) is 18.5. The molecule has 0 bridgehead atoms. The smallest absolute Gasteiger partial charge is 0.372 e. The van der Waals surface area contributed by atoms with Crippen molar-refractivity contribution in [3.63, 3.8) is 0 Å². The highest BCUT2D eigenvalue weighted by molar-refractivity contribution is 5.75. The molecule has 0 unspecified atom stereocenters. The van der Waals surface area contributed by atoms with Crippen LogP contribution in [0, 0.1) is 0 Å². The van der Waals surface area contributed by atoms with Gasteiger partial charge in [0.2, 0.25) is 0 Å².